The maximum Gasteiger partial charge on any atom is 0.131 e. The predicted molar refractivity (Wildman–Crippen MR) is 61.1 cm³/mol. The Morgan fingerprint density at radius 3 is 2.69 bits per heavy atom. The van der Waals surface area contributed by atoms with Gasteiger partial charge >= 0.3 is 0 Å². The van der Waals surface area contributed by atoms with Gasteiger partial charge in [0.1, 0.15) is 11.6 Å². The Morgan fingerprint density at radius 1 is 1.38 bits per heavy atom. The monoisotopic (exact) mass is 227 g/mol. The zero-order valence-corrected chi connectivity index (χ0v) is 9.92. The van der Waals surface area contributed by atoms with Gasteiger partial charge in [-0.15, -0.1) is 0 Å². The third-order valence-electron chi connectivity index (χ3n) is 2.41. The van der Waals surface area contributed by atoms with Crippen LogP contribution in [0.2, 0.25) is 0 Å². The van der Waals surface area contributed by atoms with Gasteiger partial charge in [-0.05, 0) is 13.0 Å². The maximum atomic E-state index is 13.5. The predicted octanol–water partition coefficient (Wildman–Crippen LogP) is 1.96. The van der Waals surface area contributed by atoms with Crippen molar-refractivity contribution in [1.29, 1.82) is 0 Å². The molecule has 16 heavy (non-hydrogen) atoms. The molecule has 1 rings (SSSR count). The summed E-state index contributed by atoms with van der Waals surface area (Å²) in [6, 6.07) is 4.86. The molecule has 1 aromatic rings. The van der Waals surface area contributed by atoms with Crippen LogP contribution in [0.15, 0.2) is 18.2 Å². The molecular weight excluding hydrogens is 209 g/mol. The normalized spacial score (nSPS) is 12.5. The van der Waals surface area contributed by atoms with Gasteiger partial charge in [-0.1, -0.05) is 6.07 Å². The molecule has 0 aromatic heterocycles. The van der Waals surface area contributed by atoms with Crippen LogP contribution in [-0.4, -0.2) is 26.9 Å². The topological polar surface area (TPSA) is 30.5 Å². The van der Waals surface area contributed by atoms with E-state index in [9.17, 15) is 4.39 Å². The summed E-state index contributed by atoms with van der Waals surface area (Å²) < 4.78 is 23.5. The molecule has 0 bridgehead atoms. The third kappa shape index (κ3) is 3.79. The van der Waals surface area contributed by atoms with E-state index in [0.717, 1.165) is 0 Å². The first-order chi connectivity index (χ1) is 7.67. The van der Waals surface area contributed by atoms with E-state index in [4.69, 9.17) is 9.47 Å². The van der Waals surface area contributed by atoms with Crippen LogP contribution in [0.3, 0.4) is 0 Å². The van der Waals surface area contributed by atoms with Crippen molar-refractivity contribution in [3.05, 3.63) is 29.6 Å². The van der Waals surface area contributed by atoms with Crippen LogP contribution in [0.5, 0.6) is 5.75 Å². The average molecular weight is 227 g/mol. The minimum atomic E-state index is -0.253. The van der Waals surface area contributed by atoms with Gasteiger partial charge in [-0.25, -0.2) is 4.39 Å². The summed E-state index contributed by atoms with van der Waals surface area (Å²) in [4.78, 5) is 0. The Kier molecular flexibility index (Phi) is 5.22. The molecule has 0 spiro atoms. The van der Waals surface area contributed by atoms with Crippen LogP contribution in [-0.2, 0) is 11.3 Å². The van der Waals surface area contributed by atoms with E-state index in [1.807, 2.05) is 6.92 Å². The summed E-state index contributed by atoms with van der Waals surface area (Å²) >= 11 is 0. The molecule has 0 fully saturated rings. The Labute approximate surface area is 95.6 Å². The van der Waals surface area contributed by atoms with Gasteiger partial charge in [-0.2, -0.15) is 0 Å². The van der Waals surface area contributed by atoms with Gasteiger partial charge in [0.2, 0.25) is 0 Å². The van der Waals surface area contributed by atoms with Crippen molar-refractivity contribution in [2.75, 3.05) is 20.8 Å². The van der Waals surface area contributed by atoms with Crippen molar-refractivity contribution in [2.45, 2.75) is 19.6 Å². The highest BCUT2D eigenvalue weighted by Gasteiger charge is 2.04. The number of nitrogens with one attached hydrogen (secondary N) is 1. The van der Waals surface area contributed by atoms with Crippen molar-refractivity contribution in [2.24, 2.45) is 0 Å². The minimum absolute atomic E-state index is 0.126. The van der Waals surface area contributed by atoms with E-state index in [1.54, 1.807) is 19.2 Å². The number of rotatable bonds is 6. The molecule has 0 aliphatic carbocycles. The third-order valence-corrected chi connectivity index (χ3v) is 2.41. The lowest BCUT2D eigenvalue weighted by atomic mass is 10.2. The summed E-state index contributed by atoms with van der Waals surface area (Å²) in [5, 5.41) is 3.12. The van der Waals surface area contributed by atoms with E-state index >= 15 is 0 Å². The molecule has 0 aliphatic heterocycles. The SMILES string of the molecule is COc1ccc(CNCC(C)OC)c(F)c1. The molecule has 0 saturated heterocycles. The van der Waals surface area contributed by atoms with E-state index in [0.29, 0.717) is 24.4 Å². The van der Waals surface area contributed by atoms with Crippen molar-refractivity contribution < 1.29 is 13.9 Å². The molecular formula is C12H18FNO2. The molecule has 1 atom stereocenters. The van der Waals surface area contributed by atoms with Gasteiger partial charge in [-0.3, -0.25) is 0 Å². The van der Waals surface area contributed by atoms with E-state index in [-0.39, 0.29) is 11.9 Å². The lowest BCUT2D eigenvalue weighted by Crippen LogP contribution is -2.25. The summed E-state index contributed by atoms with van der Waals surface area (Å²) in [6.07, 6.45) is 0.126. The van der Waals surface area contributed by atoms with Gasteiger partial charge in [0.15, 0.2) is 0 Å². The molecule has 1 unspecified atom stereocenters. The Bertz CT molecular complexity index is 331. The van der Waals surface area contributed by atoms with Crippen LogP contribution < -0.4 is 10.1 Å². The Hall–Kier alpha value is -1.13. The van der Waals surface area contributed by atoms with Crippen molar-refractivity contribution in [3.8, 4) is 5.75 Å². The van der Waals surface area contributed by atoms with Crippen LogP contribution >= 0.6 is 0 Å². The van der Waals surface area contributed by atoms with E-state index in [1.165, 1.54) is 13.2 Å². The fraction of sp³-hybridized carbons (Fsp3) is 0.500. The number of ether oxygens (including phenoxy) is 2. The number of benzene rings is 1. The smallest absolute Gasteiger partial charge is 0.131 e. The first-order valence-corrected chi connectivity index (χ1v) is 5.23. The molecule has 0 radical (unpaired) electrons. The van der Waals surface area contributed by atoms with Gasteiger partial charge < -0.3 is 14.8 Å². The summed E-state index contributed by atoms with van der Waals surface area (Å²) in [6.45, 7) is 3.14. The molecule has 0 saturated carbocycles. The lowest BCUT2D eigenvalue weighted by molar-refractivity contribution is 0.117. The minimum Gasteiger partial charge on any atom is -0.497 e. The molecule has 3 nitrogen and oxygen atoms in total. The number of halogens is 1. The highest BCUT2D eigenvalue weighted by molar-refractivity contribution is 5.28. The molecule has 90 valence electrons. The van der Waals surface area contributed by atoms with Crippen LogP contribution in [0.25, 0.3) is 0 Å². The Balaban J connectivity index is 2.48. The second-order valence-corrected chi connectivity index (χ2v) is 3.63. The first kappa shape index (κ1) is 12.9. The largest absolute Gasteiger partial charge is 0.497 e. The van der Waals surface area contributed by atoms with Gasteiger partial charge in [0.25, 0.3) is 0 Å². The van der Waals surface area contributed by atoms with Crippen molar-refractivity contribution >= 4 is 0 Å². The molecule has 0 aliphatic rings. The van der Waals surface area contributed by atoms with Gasteiger partial charge in [0.05, 0.1) is 13.2 Å². The number of hydrogen-bond acceptors (Lipinski definition) is 3. The summed E-state index contributed by atoms with van der Waals surface area (Å²) in [5.74, 6) is 0.281. The van der Waals surface area contributed by atoms with Gasteiger partial charge in [0, 0.05) is 31.8 Å². The quantitative estimate of drug-likeness (QED) is 0.805. The first-order valence-electron chi connectivity index (χ1n) is 5.23. The molecule has 0 amide bonds. The summed E-state index contributed by atoms with van der Waals surface area (Å²) in [7, 11) is 3.17. The molecule has 1 aromatic carbocycles. The Morgan fingerprint density at radius 2 is 2.12 bits per heavy atom. The number of methoxy groups -OCH3 is 2. The maximum absolute atomic E-state index is 13.5. The van der Waals surface area contributed by atoms with Crippen LogP contribution in [0.4, 0.5) is 4.39 Å². The molecule has 1 N–H and O–H groups in total. The zero-order valence-electron chi connectivity index (χ0n) is 9.92. The fourth-order valence-corrected chi connectivity index (χ4v) is 1.29. The second kappa shape index (κ2) is 6.45. The van der Waals surface area contributed by atoms with Crippen LogP contribution in [0.1, 0.15) is 12.5 Å². The molecule has 0 heterocycles. The average Bonchev–Trinajstić information content (AvgIpc) is 2.30. The lowest BCUT2D eigenvalue weighted by Gasteiger charge is -2.11. The number of hydrogen-bond donors (Lipinski definition) is 1. The highest BCUT2D eigenvalue weighted by Crippen LogP contribution is 2.15. The van der Waals surface area contributed by atoms with E-state index < -0.39 is 0 Å². The standard InChI is InChI=1S/C12H18FNO2/c1-9(15-2)7-14-8-10-4-5-11(16-3)6-12(10)13/h4-6,9,14H,7-8H2,1-3H3. The van der Waals surface area contributed by atoms with Crippen molar-refractivity contribution in [3.63, 3.8) is 0 Å². The second-order valence-electron chi connectivity index (χ2n) is 3.63. The molecule has 4 heteroatoms. The highest BCUT2D eigenvalue weighted by atomic mass is 19.1. The fourth-order valence-electron chi connectivity index (χ4n) is 1.29. The van der Waals surface area contributed by atoms with Crippen LogP contribution in [0, 0.1) is 5.82 Å². The zero-order chi connectivity index (χ0) is 12.0. The van der Waals surface area contributed by atoms with E-state index in [2.05, 4.69) is 5.32 Å². The summed E-state index contributed by atoms with van der Waals surface area (Å²) in [5.41, 5.74) is 0.629. The van der Waals surface area contributed by atoms with Crippen molar-refractivity contribution in [1.82, 2.24) is 5.32 Å².